The first-order valence-corrected chi connectivity index (χ1v) is 4.42. The zero-order chi connectivity index (χ0) is 9.68. The van der Waals surface area contributed by atoms with E-state index in [2.05, 4.69) is 31.0 Å². The summed E-state index contributed by atoms with van der Waals surface area (Å²) in [5.41, 5.74) is 9.06. The number of benzene rings is 1. The van der Waals surface area contributed by atoms with Crippen LogP contribution in [-0.2, 0) is 6.42 Å². The highest BCUT2D eigenvalue weighted by molar-refractivity contribution is 5.48. The van der Waals surface area contributed by atoms with E-state index < -0.39 is 0 Å². The van der Waals surface area contributed by atoms with Crippen molar-refractivity contribution in [2.45, 2.75) is 13.3 Å². The third-order valence-electron chi connectivity index (χ3n) is 2.02. The quantitative estimate of drug-likeness (QED) is 0.544. The van der Waals surface area contributed by atoms with Gasteiger partial charge in [-0.1, -0.05) is 12.1 Å². The molecule has 2 heteroatoms. The van der Waals surface area contributed by atoms with Gasteiger partial charge < -0.3 is 11.1 Å². The number of rotatable bonds is 4. The molecule has 70 valence electrons. The predicted molar refractivity (Wildman–Crippen MR) is 57.8 cm³/mol. The maximum Gasteiger partial charge on any atom is 0.0628 e. The smallest absolute Gasteiger partial charge is 0.0628 e. The van der Waals surface area contributed by atoms with Gasteiger partial charge in [-0.25, -0.2) is 0 Å². The Morgan fingerprint density at radius 2 is 2.31 bits per heavy atom. The molecule has 3 N–H and O–H groups in total. The van der Waals surface area contributed by atoms with Crippen molar-refractivity contribution in [3.05, 3.63) is 42.0 Å². The average Bonchev–Trinajstić information content (AvgIpc) is 2.12. The fourth-order valence-electron chi connectivity index (χ4n) is 1.27. The third kappa shape index (κ3) is 2.60. The summed E-state index contributed by atoms with van der Waals surface area (Å²) in [7, 11) is 0. The number of nitrogens with two attached hydrogens (primary N) is 1. The summed E-state index contributed by atoms with van der Waals surface area (Å²) in [6.07, 6.45) is 2.82. The minimum Gasteiger partial charge on any atom is -0.373 e. The maximum atomic E-state index is 5.39. The molecule has 0 amide bonds. The van der Waals surface area contributed by atoms with E-state index in [4.69, 9.17) is 5.73 Å². The van der Waals surface area contributed by atoms with Gasteiger partial charge in [-0.3, -0.25) is 0 Å². The van der Waals surface area contributed by atoms with Crippen molar-refractivity contribution in [1.82, 2.24) is 0 Å². The van der Waals surface area contributed by atoms with E-state index in [0.29, 0.717) is 6.67 Å². The summed E-state index contributed by atoms with van der Waals surface area (Å²) in [6, 6.07) is 6.25. The van der Waals surface area contributed by atoms with E-state index in [1.54, 1.807) is 0 Å². The highest BCUT2D eigenvalue weighted by Gasteiger charge is 1.97. The topological polar surface area (TPSA) is 38.0 Å². The summed E-state index contributed by atoms with van der Waals surface area (Å²) >= 11 is 0. The molecule has 0 atom stereocenters. The zero-order valence-electron chi connectivity index (χ0n) is 8.01. The molecule has 0 radical (unpaired) electrons. The second kappa shape index (κ2) is 4.67. The van der Waals surface area contributed by atoms with Crippen molar-refractivity contribution < 1.29 is 0 Å². The lowest BCUT2D eigenvalue weighted by molar-refractivity contribution is 1.13. The van der Waals surface area contributed by atoms with Crippen molar-refractivity contribution >= 4 is 5.69 Å². The summed E-state index contributed by atoms with van der Waals surface area (Å²) < 4.78 is 0. The van der Waals surface area contributed by atoms with E-state index in [1.807, 2.05) is 12.1 Å². The molecule has 2 nitrogen and oxygen atoms in total. The summed E-state index contributed by atoms with van der Waals surface area (Å²) in [6.45, 7) is 6.30. The Morgan fingerprint density at radius 1 is 1.54 bits per heavy atom. The van der Waals surface area contributed by atoms with Crippen molar-refractivity contribution in [2.75, 3.05) is 12.0 Å². The molecule has 0 spiro atoms. The molecule has 0 saturated carbocycles. The molecule has 1 aromatic rings. The molecule has 1 rings (SSSR count). The Hall–Kier alpha value is -1.28. The third-order valence-corrected chi connectivity index (χ3v) is 2.02. The van der Waals surface area contributed by atoms with Gasteiger partial charge in [0, 0.05) is 5.69 Å². The van der Waals surface area contributed by atoms with Crippen LogP contribution in [-0.4, -0.2) is 6.67 Å². The first-order valence-electron chi connectivity index (χ1n) is 4.42. The highest BCUT2D eigenvalue weighted by atomic mass is 15.0. The predicted octanol–water partition coefficient (Wildman–Crippen LogP) is 2.05. The molecule has 0 aliphatic heterocycles. The second-order valence-electron chi connectivity index (χ2n) is 3.01. The van der Waals surface area contributed by atoms with Crippen molar-refractivity contribution in [2.24, 2.45) is 5.73 Å². The van der Waals surface area contributed by atoms with Gasteiger partial charge in [0.05, 0.1) is 6.67 Å². The van der Waals surface area contributed by atoms with Crippen LogP contribution < -0.4 is 11.1 Å². The highest BCUT2D eigenvalue weighted by Crippen LogP contribution is 2.15. The molecule has 0 unspecified atom stereocenters. The van der Waals surface area contributed by atoms with Crippen LogP contribution in [0.4, 0.5) is 5.69 Å². The van der Waals surface area contributed by atoms with Gasteiger partial charge in [-0.2, -0.15) is 0 Å². The molecule has 0 aliphatic carbocycles. The van der Waals surface area contributed by atoms with E-state index in [1.165, 1.54) is 11.1 Å². The Labute approximate surface area is 79.5 Å². The van der Waals surface area contributed by atoms with Crippen molar-refractivity contribution in [3.8, 4) is 0 Å². The van der Waals surface area contributed by atoms with Crippen LogP contribution in [0.15, 0.2) is 30.9 Å². The van der Waals surface area contributed by atoms with E-state index in [9.17, 15) is 0 Å². The molecule has 0 saturated heterocycles. The minimum atomic E-state index is 0.469. The number of hydrogen-bond acceptors (Lipinski definition) is 2. The second-order valence-corrected chi connectivity index (χ2v) is 3.01. The molecular weight excluding hydrogens is 160 g/mol. The van der Waals surface area contributed by atoms with Gasteiger partial charge >= 0.3 is 0 Å². The number of allylic oxidation sites excluding steroid dienone is 1. The maximum absolute atomic E-state index is 5.39. The molecule has 0 bridgehead atoms. The van der Waals surface area contributed by atoms with Gasteiger partial charge in [0.1, 0.15) is 0 Å². The Balaban J connectivity index is 2.89. The Kier molecular flexibility index (Phi) is 3.53. The zero-order valence-corrected chi connectivity index (χ0v) is 8.01. The lowest BCUT2D eigenvalue weighted by atomic mass is 10.1. The number of hydrogen-bond donors (Lipinski definition) is 2. The van der Waals surface area contributed by atoms with Crippen LogP contribution >= 0.6 is 0 Å². The van der Waals surface area contributed by atoms with Gasteiger partial charge in [0.2, 0.25) is 0 Å². The van der Waals surface area contributed by atoms with Gasteiger partial charge in [-0.05, 0) is 36.6 Å². The summed E-state index contributed by atoms with van der Waals surface area (Å²) in [5, 5.41) is 3.08. The average molecular weight is 176 g/mol. The lowest BCUT2D eigenvalue weighted by Gasteiger charge is -2.07. The largest absolute Gasteiger partial charge is 0.373 e. The molecular formula is C11H16N2. The van der Waals surface area contributed by atoms with E-state index in [0.717, 1.165) is 12.1 Å². The van der Waals surface area contributed by atoms with Crippen LogP contribution in [0.25, 0.3) is 0 Å². The fourth-order valence-corrected chi connectivity index (χ4v) is 1.27. The molecule has 0 aliphatic rings. The fraction of sp³-hybridized carbons (Fsp3) is 0.273. The van der Waals surface area contributed by atoms with Crippen LogP contribution in [0.5, 0.6) is 0 Å². The van der Waals surface area contributed by atoms with Crippen LogP contribution in [0.1, 0.15) is 11.1 Å². The van der Waals surface area contributed by atoms with Crippen LogP contribution in [0.3, 0.4) is 0 Å². The van der Waals surface area contributed by atoms with Gasteiger partial charge in [0.15, 0.2) is 0 Å². The number of aryl methyl sites for hydroxylation is 1. The first-order chi connectivity index (χ1) is 6.27. The van der Waals surface area contributed by atoms with E-state index in [-0.39, 0.29) is 0 Å². The normalized spacial score (nSPS) is 9.69. The summed E-state index contributed by atoms with van der Waals surface area (Å²) in [4.78, 5) is 0. The molecule has 0 aromatic heterocycles. The molecule has 1 aromatic carbocycles. The molecule has 0 heterocycles. The SMILES string of the molecule is C=CCc1cc(NCN)ccc1C. The van der Waals surface area contributed by atoms with Crippen LogP contribution in [0.2, 0.25) is 0 Å². The number of anilines is 1. The van der Waals surface area contributed by atoms with Gasteiger partial charge in [0.25, 0.3) is 0 Å². The molecule has 0 fully saturated rings. The molecule has 13 heavy (non-hydrogen) atoms. The van der Waals surface area contributed by atoms with Gasteiger partial charge in [-0.15, -0.1) is 6.58 Å². The van der Waals surface area contributed by atoms with Crippen LogP contribution in [0, 0.1) is 6.92 Å². The number of nitrogens with one attached hydrogen (secondary N) is 1. The summed E-state index contributed by atoms with van der Waals surface area (Å²) in [5.74, 6) is 0. The van der Waals surface area contributed by atoms with E-state index >= 15 is 0 Å². The van der Waals surface area contributed by atoms with Crippen molar-refractivity contribution in [1.29, 1.82) is 0 Å². The minimum absolute atomic E-state index is 0.469. The Morgan fingerprint density at radius 3 is 2.92 bits per heavy atom. The standard InChI is InChI=1S/C11H16N2/c1-3-4-10-7-11(13-8-12)6-5-9(10)2/h3,5-7,13H,1,4,8,12H2,2H3. The Bertz CT molecular complexity index is 292. The first kappa shape index (κ1) is 9.81. The monoisotopic (exact) mass is 176 g/mol. The lowest BCUT2D eigenvalue weighted by Crippen LogP contribution is -2.10. The van der Waals surface area contributed by atoms with Crippen molar-refractivity contribution in [3.63, 3.8) is 0 Å².